The Morgan fingerprint density at radius 2 is 1.20 bits per heavy atom. The molecule has 1 saturated heterocycles. The van der Waals surface area contributed by atoms with Crippen LogP contribution in [0.25, 0.3) is 0 Å². The van der Waals surface area contributed by atoms with Gasteiger partial charge in [-0.1, -0.05) is 84.9 Å². The topological polar surface area (TPSA) is 42.0 Å². The van der Waals surface area contributed by atoms with Crippen molar-refractivity contribution in [1.82, 2.24) is 9.80 Å². The third kappa shape index (κ3) is 7.13. The van der Waals surface area contributed by atoms with Crippen LogP contribution in [0, 0.1) is 0 Å². The van der Waals surface area contributed by atoms with Crippen LogP contribution in [-0.4, -0.2) is 49.2 Å². The standard InChI is InChI=1S/C29H37N2O3P/c1-3-33-35(32,34-4-2)24-26-17-15-25(16-18-26)23-30-19-21-31(22-20-30)29(27-11-7-5-8-12-27)28-13-9-6-10-14-28/h5-18,29H,3-4,19-24H2,1-2H3. The smallest absolute Gasteiger partial charge is 0.309 e. The lowest BCUT2D eigenvalue weighted by atomic mass is 9.96. The highest BCUT2D eigenvalue weighted by Gasteiger charge is 2.27. The summed E-state index contributed by atoms with van der Waals surface area (Å²) in [5, 5.41) is 0. The van der Waals surface area contributed by atoms with Crippen LogP contribution in [0.5, 0.6) is 0 Å². The van der Waals surface area contributed by atoms with Crippen molar-refractivity contribution in [2.24, 2.45) is 0 Å². The van der Waals surface area contributed by atoms with Crippen molar-refractivity contribution in [3.8, 4) is 0 Å². The summed E-state index contributed by atoms with van der Waals surface area (Å²) in [6.45, 7) is 9.49. The van der Waals surface area contributed by atoms with E-state index in [2.05, 4.69) is 94.7 Å². The molecule has 0 unspecified atom stereocenters. The molecule has 4 rings (SSSR count). The first-order valence-electron chi connectivity index (χ1n) is 12.6. The van der Waals surface area contributed by atoms with E-state index in [4.69, 9.17) is 9.05 Å². The molecule has 0 saturated carbocycles. The first-order valence-corrected chi connectivity index (χ1v) is 14.3. The summed E-state index contributed by atoms with van der Waals surface area (Å²) in [5.74, 6) is 0. The van der Waals surface area contributed by atoms with E-state index in [0.29, 0.717) is 19.4 Å². The van der Waals surface area contributed by atoms with Crippen LogP contribution >= 0.6 is 7.60 Å². The van der Waals surface area contributed by atoms with Crippen molar-refractivity contribution in [3.63, 3.8) is 0 Å². The van der Waals surface area contributed by atoms with Gasteiger partial charge in [-0.3, -0.25) is 14.4 Å². The van der Waals surface area contributed by atoms with E-state index >= 15 is 0 Å². The molecule has 6 heteroatoms. The zero-order valence-electron chi connectivity index (χ0n) is 20.9. The summed E-state index contributed by atoms with van der Waals surface area (Å²) in [6, 6.07) is 30.3. The van der Waals surface area contributed by atoms with Gasteiger partial charge in [0, 0.05) is 32.7 Å². The van der Waals surface area contributed by atoms with Gasteiger partial charge in [-0.15, -0.1) is 0 Å². The molecule has 3 aromatic carbocycles. The van der Waals surface area contributed by atoms with Gasteiger partial charge < -0.3 is 9.05 Å². The molecule has 0 amide bonds. The lowest BCUT2D eigenvalue weighted by molar-refractivity contribution is 0.105. The Balaban J connectivity index is 1.36. The maximum atomic E-state index is 12.8. The van der Waals surface area contributed by atoms with Crippen LogP contribution in [0.2, 0.25) is 0 Å². The minimum atomic E-state index is -3.07. The van der Waals surface area contributed by atoms with E-state index in [1.807, 2.05) is 13.8 Å². The molecule has 1 heterocycles. The van der Waals surface area contributed by atoms with Crippen LogP contribution in [0.15, 0.2) is 84.9 Å². The van der Waals surface area contributed by atoms with E-state index < -0.39 is 7.60 Å². The molecule has 0 radical (unpaired) electrons. The van der Waals surface area contributed by atoms with Gasteiger partial charge in [0.2, 0.25) is 0 Å². The van der Waals surface area contributed by atoms with Gasteiger partial charge in [0.15, 0.2) is 0 Å². The third-order valence-corrected chi connectivity index (χ3v) is 8.52. The minimum absolute atomic E-state index is 0.283. The van der Waals surface area contributed by atoms with E-state index in [9.17, 15) is 4.57 Å². The number of rotatable bonds is 11. The second-order valence-electron chi connectivity index (χ2n) is 8.96. The molecule has 0 aromatic heterocycles. The Bertz CT molecular complexity index is 1020. The van der Waals surface area contributed by atoms with Crippen LogP contribution in [0.3, 0.4) is 0 Å². The van der Waals surface area contributed by atoms with Gasteiger partial charge in [-0.05, 0) is 36.1 Å². The third-order valence-electron chi connectivity index (χ3n) is 6.46. The minimum Gasteiger partial charge on any atom is -0.309 e. The van der Waals surface area contributed by atoms with Crippen molar-refractivity contribution in [3.05, 3.63) is 107 Å². The summed E-state index contributed by atoms with van der Waals surface area (Å²) in [4.78, 5) is 5.12. The summed E-state index contributed by atoms with van der Waals surface area (Å²) < 4.78 is 23.7. The zero-order chi connectivity index (χ0) is 24.5. The molecule has 35 heavy (non-hydrogen) atoms. The fourth-order valence-electron chi connectivity index (χ4n) is 4.82. The molecule has 3 aromatic rings. The fraction of sp³-hybridized carbons (Fsp3) is 0.379. The molecule has 1 aliphatic rings. The van der Waals surface area contributed by atoms with Gasteiger partial charge in [-0.2, -0.15) is 0 Å². The maximum Gasteiger partial charge on any atom is 0.335 e. The first kappa shape index (κ1) is 25.8. The Kier molecular flexibility index (Phi) is 9.31. The van der Waals surface area contributed by atoms with E-state index in [0.717, 1.165) is 38.3 Å². The van der Waals surface area contributed by atoms with Gasteiger partial charge in [0.25, 0.3) is 0 Å². The summed E-state index contributed by atoms with van der Waals surface area (Å²) in [6.07, 6.45) is 0.313. The monoisotopic (exact) mass is 492 g/mol. The normalized spacial score (nSPS) is 15.5. The lowest BCUT2D eigenvalue weighted by Gasteiger charge is -2.40. The average molecular weight is 493 g/mol. The van der Waals surface area contributed by atoms with Crippen molar-refractivity contribution in [2.45, 2.75) is 32.6 Å². The molecule has 1 fully saturated rings. The predicted molar refractivity (Wildman–Crippen MR) is 143 cm³/mol. The van der Waals surface area contributed by atoms with Crippen molar-refractivity contribution >= 4 is 7.60 Å². The van der Waals surface area contributed by atoms with E-state index in [1.54, 1.807) is 0 Å². The second-order valence-corrected chi connectivity index (χ2v) is 11.0. The number of hydrogen-bond acceptors (Lipinski definition) is 5. The first-order chi connectivity index (χ1) is 17.1. The average Bonchev–Trinajstić information content (AvgIpc) is 2.88. The predicted octanol–water partition coefficient (Wildman–Crippen LogP) is 6.36. The highest BCUT2D eigenvalue weighted by Crippen LogP contribution is 2.51. The number of benzene rings is 3. The molecule has 5 nitrogen and oxygen atoms in total. The largest absolute Gasteiger partial charge is 0.335 e. The Morgan fingerprint density at radius 3 is 1.69 bits per heavy atom. The van der Waals surface area contributed by atoms with Crippen LogP contribution in [-0.2, 0) is 26.3 Å². The van der Waals surface area contributed by atoms with E-state index in [-0.39, 0.29) is 6.04 Å². The van der Waals surface area contributed by atoms with Crippen molar-refractivity contribution in [1.29, 1.82) is 0 Å². The Morgan fingerprint density at radius 1 is 0.714 bits per heavy atom. The van der Waals surface area contributed by atoms with Gasteiger partial charge in [0.05, 0.1) is 25.4 Å². The van der Waals surface area contributed by atoms with E-state index in [1.165, 1.54) is 16.7 Å². The van der Waals surface area contributed by atoms with Crippen molar-refractivity contribution in [2.75, 3.05) is 39.4 Å². The number of piperazine rings is 1. The van der Waals surface area contributed by atoms with Crippen LogP contribution in [0.1, 0.15) is 42.1 Å². The van der Waals surface area contributed by atoms with Crippen LogP contribution in [0.4, 0.5) is 0 Å². The Labute approximate surface area is 210 Å². The van der Waals surface area contributed by atoms with Crippen LogP contribution < -0.4 is 0 Å². The molecule has 0 spiro atoms. The molecule has 0 aliphatic carbocycles. The second kappa shape index (κ2) is 12.6. The molecule has 0 atom stereocenters. The summed E-state index contributed by atoms with van der Waals surface area (Å²) in [5.41, 5.74) is 4.95. The van der Waals surface area contributed by atoms with Gasteiger partial charge in [-0.25, -0.2) is 0 Å². The van der Waals surface area contributed by atoms with Gasteiger partial charge >= 0.3 is 7.60 Å². The summed E-state index contributed by atoms with van der Waals surface area (Å²) in [7, 11) is -3.07. The SMILES string of the molecule is CCOP(=O)(Cc1ccc(CN2CCN(C(c3ccccc3)c3ccccc3)CC2)cc1)OCC. The molecular weight excluding hydrogens is 455 g/mol. The Hall–Kier alpha value is -2.27. The molecule has 186 valence electrons. The highest BCUT2D eigenvalue weighted by molar-refractivity contribution is 7.53. The van der Waals surface area contributed by atoms with Gasteiger partial charge in [0.1, 0.15) is 0 Å². The molecule has 1 aliphatic heterocycles. The number of hydrogen-bond donors (Lipinski definition) is 0. The van der Waals surface area contributed by atoms with Crippen molar-refractivity contribution < 1.29 is 13.6 Å². The number of nitrogens with zero attached hydrogens (tertiary/aromatic N) is 2. The molecule has 0 bridgehead atoms. The maximum absolute atomic E-state index is 12.8. The fourth-order valence-corrected chi connectivity index (χ4v) is 6.52. The molecule has 0 N–H and O–H groups in total. The summed E-state index contributed by atoms with van der Waals surface area (Å²) >= 11 is 0. The quantitative estimate of drug-likeness (QED) is 0.291. The molecular formula is C29H37N2O3P. The zero-order valence-corrected chi connectivity index (χ0v) is 21.8. The highest BCUT2D eigenvalue weighted by atomic mass is 31.2. The lowest BCUT2D eigenvalue weighted by Crippen LogP contribution is -2.47.